The van der Waals surface area contributed by atoms with Crippen LogP contribution in [-0.4, -0.2) is 27.1 Å². The van der Waals surface area contributed by atoms with Crippen LogP contribution in [0.5, 0.6) is 0 Å². The van der Waals surface area contributed by atoms with E-state index < -0.39 is 6.10 Å². The van der Waals surface area contributed by atoms with Crippen molar-refractivity contribution >= 4 is 39.1 Å². The summed E-state index contributed by atoms with van der Waals surface area (Å²) in [5.41, 5.74) is 2.73. The zero-order chi connectivity index (χ0) is 18.1. The second-order valence-electron chi connectivity index (χ2n) is 6.07. The number of benzene rings is 1. The van der Waals surface area contributed by atoms with E-state index in [1.165, 1.54) is 11.3 Å². The third-order valence-corrected chi connectivity index (χ3v) is 5.63. The van der Waals surface area contributed by atoms with Crippen LogP contribution in [0.4, 0.5) is 5.13 Å². The summed E-state index contributed by atoms with van der Waals surface area (Å²) in [7, 11) is 1.99. The molecule has 7 heteroatoms. The molecular formula is C19H17ClN4OS. The molecule has 0 spiro atoms. The lowest BCUT2D eigenvalue weighted by atomic mass is 10.1. The molecule has 0 saturated heterocycles. The number of rotatable bonds is 5. The van der Waals surface area contributed by atoms with Crippen LogP contribution in [0.1, 0.15) is 22.1 Å². The molecule has 0 bridgehead atoms. The molecule has 3 aromatic heterocycles. The number of aliphatic hydroxyl groups is 1. The highest BCUT2D eigenvalue weighted by atomic mass is 35.5. The summed E-state index contributed by atoms with van der Waals surface area (Å²) in [6, 6.07) is 11.6. The Hall–Kier alpha value is -2.41. The van der Waals surface area contributed by atoms with Gasteiger partial charge in [0.15, 0.2) is 5.13 Å². The van der Waals surface area contributed by atoms with Gasteiger partial charge in [0.2, 0.25) is 0 Å². The molecule has 0 aliphatic heterocycles. The van der Waals surface area contributed by atoms with Crippen molar-refractivity contribution in [2.45, 2.75) is 12.6 Å². The van der Waals surface area contributed by atoms with Crippen molar-refractivity contribution in [2.24, 2.45) is 0 Å². The summed E-state index contributed by atoms with van der Waals surface area (Å²) in [6.45, 7) is 0.719. The topological polar surface area (TPSA) is 65.0 Å². The lowest BCUT2D eigenvalue weighted by Gasteiger charge is -2.15. The zero-order valence-corrected chi connectivity index (χ0v) is 15.6. The van der Waals surface area contributed by atoms with Crippen LogP contribution in [-0.2, 0) is 6.54 Å². The molecule has 4 aromatic rings. The number of aromatic nitrogens is 3. The van der Waals surface area contributed by atoms with Gasteiger partial charge < -0.3 is 15.0 Å². The Kier molecular flexibility index (Phi) is 4.63. The van der Waals surface area contributed by atoms with Gasteiger partial charge in [0, 0.05) is 48.2 Å². The fourth-order valence-electron chi connectivity index (χ4n) is 2.87. The van der Waals surface area contributed by atoms with Crippen LogP contribution in [0.15, 0.2) is 55.0 Å². The van der Waals surface area contributed by atoms with E-state index >= 15 is 0 Å². The number of hydrogen-bond donors (Lipinski definition) is 2. The molecule has 0 amide bonds. The summed E-state index contributed by atoms with van der Waals surface area (Å²) in [6.07, 6.45) is 4.53. The molecule has 0 aliphatic carbocycles. The summed E-state index contributed by atoms with van der Waals surface area (Å²) >= 11 is 7.42. The number of fused-ring (bicyclic) bond motifs is 1. The standard InChI is InChI=1S/C19H17ClN4OS/c1-24(11-12-4-6-13(20)7-5-12)19-23-10-16(26-19)17(25)15-9-22-18-14(15)3-2-8-21-18/h2-10,17,25H,11H2,1H3,(H,21,22). The smallest absolute Gasteiger partial charge is 0.185 e. The average Bonchev–Trinajstić information content (AvgIpc) is 3.30. The lowest BCUT2D eigenvalue weighted by Crippen LogP contribution is -2.15. The van der Waals surface area contributed by atoms with Gasteiger partial charge in [-0.25, -0.2) is 9.97 Å². The highest BCUT2D eigenvalue weighted by molar-refractivity contribution is 7.15. The summed E-state index contributed by atoms with van der Waals surface area (Å²) in [5, 5.41) is 13.3. The SMILES string of the molecule is CN(Cc1ccc(Cl)cc1)c1ncc(C(O)c2c[nH]c3ncccc23)s1. The van der Waals surface area contributed by atoms with Crippen LogP contribution in [0, 0.1) is 0 Å². The predicted octanol–water partition coefficient (Wildman–Crippen LogP) is 4.39. The number of nitrogens with zero attached hydrogens (tertiary/aromatic N) is 3. The van der Waals surface area contributed by atoms with Crippen molar-refractivity contribution in [3.05, 3.63) is 76.0 Å². The Morgan fingerprint density at radius 2 is 2.04 bits per heavy atom. The largest absolute Gasteiger partial charge is 0.383 e. The average molecular weight is 385 g/mol. The van der Waals surface area contributed by atoms with Gasteiger partial charge in [-0.1, -0.05) is 35.1 Å². The van der Waals surface area contributed by atoms with Crippen LogP contribution < -0.4 is 4.90 Å². The van der Waals surface area contributed by atoms with E-state index in [4.69, 9.17) is 11.6 Å². The number of aliphatic hydroxyl groups excluding tert-OH is 1. The number of H-pyrrole nitrogens is 1. The fraction of sp³-hybridized carbons (Fsp3) is 0.158. The minimum absolute atomic E-state index is 0.719. The van der Waals surface area contributed by atoms with Gasteiger partial charge in [-0.15, -0.1) is 0 Å². The summed E-state index contributed by atoms with van der Waals surface area (Å²) in [5.74, 6) is 0. The maximum absolute atomic E-state index is 10.8. The molecular weight excluding hydrogens is 368 g/mol. The fourth-order valence-corrected chi connectivity index (χ4v) is 3.87. The molecule has 3 heterocycles. The molecule has 1 aromatic carbocycles. The molecule has 4 rings (SSSR count). The van der Waals surface area contributed by atoms with Gasteiger partial charge in [0.05, 0.1) is 4.88 Å². The van der Waals surface area contributed by atoms with E-state index in [-0.39, 0.29) is 0 Å². The van der Waals surface area contributed by atoms with Gasteiger partial charge in [0.1, 0.15) is 11.8 Å². The van der Waals surface area contributed by atoms with E-state index in [0.29, 0.717) is 0 Å². The maximum atomic E-state index is 10.8. The Bertz CT molecular complexity index is 1030. The number of pyridine rings is 1. The number of anilines is 1. The molecule has 26 heavy (non-hydrogen) atoms. The number of nitrogens with one attached hydrogen (secondary N) is 1. The molecule has 0 fully saturated rings. The Morgan fingerprint density at radius 1 is 1.23 bits per heavy atom. The molecule has 1 atom stereocenters. The first-order valence-corrected chi connectivity index (χ1v) is 9.32. The van der Waals surface area contributed by atoms with Crippen LogP contribution in [0.25, 0.3) is 11.0 Å². The van der Waals surface area contributed by atoms with Crippen molar-refractivity contribution in [3.63, 3.8) is 0 Å². The monoisotopic (exact) mass is 384 g/mol. The number of hydrogen-bond acceptors (Lipinski definition) is 5. The van der Waals surface area contributed by atoms with Crippen LogP contribution in [0.3, 0.4) is 0 Å². The van der Waals surface area contributed by atoms with E-state index in [1.54, 1.807) is 18.6 Å². The Morgan fingerprint density at radius 3 is 2.85 bits per heavy atom. The van der Waals surface area contributed by atoms with Crippen molar-refractivity contribution < 1.29 is 5.11 Å². The van der Waals surface area contributed by atoms with Crippen LogP contribution >= 0.6 is 22.9 Å². The van der Waals surface area contributed by atoms with E-state index in [0.717, 1.165) is 43.7 Å². The summed E-state index contributed by atoms with van der Waals surface area (Å²) in [4.78, 5) is 14.7. The van der Waals surface area contributed by atoms with Gasteiger partial charge in [-0.3, -0.25) is 0 Å². The molecule has 0 radical (unpaired) electrons. The third-order valence-electron chi connectivity index (χ3n) is 4.22. The maximum Gasteiger partial charge on any atom is 0.185 e. The molecule has 132 valence electrons. The third kappa shape index (κ3) is 3.31. The van der Waals surface area contributed by atoms with Crippen molar-refractivity contribution in [1.82, 2.24) is 15.0 Å². The molecule has 0 saturated carbocycles. The molecule has 2 N–H and O–H groups in total. The van der Waals surface area contributed by atoms with E-state index in [2.05, 4.69) is 19.9 Å². The normalized spacial score (nSPS) is 12.4. The first-order valence-electron chi connectivity index (χ1n) is 8.13. The van der Waals surface area contributed by atoms with Gasteiger partial charge in [-0.05, 0) is 29.8 Å². The first-order chi connectivity index (χ1) is 12.6. The van der Waals surface area contributed by atoms with Crippen molar-refractivity contribution in [2.75, 3.05) is 11.9 Å². The highest BCUT2D eigenvalue weighted by Gasteiger charge is 2.19. The van der Waals surface area contributed by atoms with Crippen molar-refractivity contribution in [1.29, 1.82) is 0 Å². The minimum atomic E-state index is -0.733. The molecule has 1 unspecified atom stereocenters. The quantitative estimate of drug-likeness (QED) is 0.535. The Labute approximate surface area is 159 Å². The van der Waals surface area contributed by atoms with Gasteiger partial charge in [0.25, 0.3) is 0 Å². The van der Waals surface area contributed by atoms with Crippen LogP contribution in [0.2, 0.25) is 5.02 Å². The number of thiazole rings is 1. The zero-order valence-electron chi connectivity index (χ0n) is 14.1. The lowest BCUT2D eigenvalue weighted by molar-refractivity contribution is 0.225. The second kappa shape index (κ2) is 7.07. The first kappa shape index (κ1) is 17.0. The predicted molar refractivity (Wildman–Crippen MR) is 106 cm³/mol. The van der Waals surface area contributed by atoms with Crippen molar-refractivity contribution in [3.8, 4) is 0 Å². The van der Waals surface area contributed by atoms with Gasteiger partial charge >= 0.3 is 0 Å². The molecule has 5 nitrogen and oxygen atoms in total. The second-order valence-corrected chi connectivity index (χ2v) is 7.55. The summed E-state index contributed by atoms with van der Waals surface area (Å²) < 4.78 is 0. The number of aromatic amines is 1. The molecule has 0 aliphatic rings. The highest BCUT2D eigenvalue weighted by Crippen LogP contribution is 2.33. The van der Waals surface area contributed by atoms with E-state index in [9.17, 15) is 5.11 Å². The minimum Gasteiger partial charge on any atom is -0.383 e. The number of halogens is 1. The van der Waals surface area contributed by atoms with E-state index in [1.807, 2.05) is 43.4 Å². The van der Waals surface area contributed by atoms with Gasteiger partial charge in [-0.2, -0.15) is 0 Å². The Balaban J connectivity index is 1.54.